The van der Waals surface area contributed by atoms with Gasteiger partial charge in [-0.1, -0.05) is 27.7 Å². The molecule has 0 aliphatic rings. The van der Waals surface area contributed by atoms with Crippen molar-refractivity contribution >= 4 is 34.8 Å². The molecule has 0 aliphatic carbocycles. The van der Waals surface area contributed by atoms with Gasteiger partial charge in [-0.2, -0.15) is 0 Å². The summed E-state index contributed by atoms with van der Waals surface area (Å²) in [6.07, 6.45) is 16.8. The smallest absolute Gasteiger partial charge is 0.213 e. The van der Waals surface area contributed by atoms with Crippen LogP contribution in [0.2, 0.25) is 0 Å². The lowest BCUT2D eigenvalue weighted by Crippen LogP contribution is -2.01. The molecule has 0 unspecified atom stereocenters. The van der Waals surface area contributed by atoms with Gasteiger partial charge in [-0.25, -0.2) is 15.0 Å². The number of rotatable bonds is 15. The van der Waals surface area contributed by atoms with E-state index in [0.717, 1.165) is 33.0 Å². The summed E-state index contributed by atoms with van der Waals surface area (Å²) in [6.45, 7) is 11.0. The van der Waals surface area contributed by atoms with Crippen molar-refractivity contribution in [2.45, 2.75) is 54.4 Å². The van der Waals surface area contributed by atoms with Gasteiger partial charge in [-0.3, -0.25) is 29.3 Å². The van der Waals surface area contributed by atoms with E-state index in [9.17, 15) is 14.4 Å². The minimum Gasteiger partial charge on any atom is -0.487 e. The Bertz CT molecular complexity index is 2090. The van der Waals surface area contributed by atoms with Gasteiger partial charge in [0.1, 0.15) is 37.1 Å². The SMILES string of the molecule is CC.CC.COc1cc(C=O)c(OCc2ccncc2)cn1.COc1cc(C=O)c(OCc2ccncc2Br)cn1.COc1cc(C=O)c(OCc2ccncc2C)cn1. The van der Waals surface area contributed by atoms with Gasteiger partial charge in [-0.15, -0.1) is 0 Å². The summed E-state index contributed by atoms with van der Waals surface area (Å²) in [7, 11) is 4.48. The van der Waals surface area contributed by atoms with E-state index in [4.69, 9.17) is 28.4 Å². The summed E-state index contributed by atoms with van der Waals surface area (Å²) < 4.78 is 32.4. The van der Waals surface area contributed by atoms with Crippen LogP contribution < -0.4 is 28.4 Å². The van der Waals surface area contributed by atoms with Crippen molar-refractivity contribution in [2.24, 2.45) is 0 Å². The topological polar surface area (TPSA) is 184 Å². The number of aldehydes is 3. The Kier molecular flexibility index (Phi) is 23.5. The van der Waals surface area contributed by atoms with Crippen LogP contribution in [0.4, 0.5) is 0 Å². The van der Waals surface area contributed by atoms with Crippen LogP contribution in [0, 0.1) is 6.92 Å². The van der Waals surface area contributed by atoms with E-state index in [1.54, 1.807) is 43.2 Å². The molecule has 0 atom stereocenters. The highest BCUT2D eigenvalue weighted by Gasteiger charge is 2.10. The summed E-state index contributed by atoms with van der Waals surface area (Å²) >= 11 is 3.38. The van der Waals surface area contributed by atoms with Crippen LogP contribution in [0.15, 0.2) is 103 Å². The number of pyridine rings is 6. The van der Waals surface area contributed by atoms with Crippen LogP contribution in [0.1, 0.15) is 81.0 Å². The van der Waals surface area contributed by atoms with Gasteiger partial charge in [0.15, 0.2) is 18.9 Å². The third-order valence-electron chi connectivity index (χ3n) is 7.53. The van der Waals surface area contributed by atoms with Gasteiger partial charge in [0.2, 0.25) is 17.6 Å². The third-order valence-corrected chi connectivity index (χ3v) is 8.24. The van der Waals surface area contributed by atoms with Crippen molar-refractivity contribution in [3.8, 4) is 34.9 Å². The highest BCUT2D eigenvalue weighted by molar-refractivity contribution is 9.10. The maximum atomic E-state index is 11.0. The Hall–Kier alpha value is -6.81. The predicted octanol–water partition coefficient (Wildman–Crippen LogP) is 8.75. The van der Waals surface area contributed by atoms with E-state index < -0.39 is 0 Å². The Labute approximate surface area is 358 Å². The van der Waals surface area contributed by atoms with Crippen molar-refractivity contribution in [3.63, 3.8) is 0 Å². The summed E-state index contributed by atoms with van der Waals surface area (Å²) in [6, 6.07) is 12.0. The van der Waals surface area contributed by atoms with Gasteiger partial charge in [0, 0.05) is 65.4 Å². The van der Waals surface area contributed by atoms with Crippen molar-refractivity contribution in [1.29, 1.82) is 0 Å². The van der Waals surface area contributed by atoms with Gasteiger partial charge in [0.25, 0.3) is 0 Å². The molecule has 0 radical (unpaired) electrons. The first kappa shape index (κ1) is 49.3. The fourth-order valence-electron chi connectivity index (χ4n) is 4.42. The maximum Gasteiger partial charge on any atom is 0.213 e. The Morgan fingerprint density at radius 3 is 1.30 bits per heavy atom. The van der Waals surface area contributed by atoms with Crippen molar-refractivity contribution in [1.82, 2.24) is 29.9 Å². The molecule has 316 valence electrons. The quantitative estimate of drug-likeness (QED) is 0.0891. The van der Waals surface area contributed by atoms with E-state index in [2.05, 4.69) is 45.8 Å². The standard InChI is InChI=1S/C14H14N2O3.C13H11BrN2O3.C13H12N2O3.2C2H6/c1-10-6-15-4-3-11(10)9-19-13-7-16-14(18-2)5-12(13)8-17;1-18-13-4-10(7-17)12(6-16-13)19-8-9-2-3-15-5-11(9)14;1-17-13-6-11(8-16)12(7-15-13)18-9-10-2-4-14-5-3-10;2*1-2/h3-8H,9H2,1-2H3;2-7H,8H2,1H3;2-8H,9H2,1H3;2*1-2H3. The second-order valence-electron chi connectivity index (χ2n) is 11.1. The fraction of sp³-hybridized carbons (Fsp3) is 0.250. The maximum absolute atomic E-state index is 11.0. The van der Waals surface area contributed by atoms with E-state index in [1.807, 2.05) is 58.9 Å². The summed E-state index contributed by atoms with van der Waals surface area (Å²) in [5.74, 6) is 2.43. The number of hydrogen-bond acceptors (Lipinski definition) is 15. The molecular weight excluding hydrogens is 836 g/mol. The molecule has 60 heavy (non-hydrogen) atoms. The summed E-state index contributed by atoms with van der Waals surface area (Å²) in [5.41, 5.74) is 5.19. The molecule has 0 saturated heterocycles. The third kappa shape index (κ3) is 16.2. The monoisotopic (exact) mass is 884 g/mol. The molecule has 16 heteroatoms. The number of hydrogen-bond donors (Lipinski definition) is 0. The Morgan fingerprint density at radius 2 is 0.900 bits per heavy atom. The second kappa shape index (κ2) is 28.6. The molecule has 0 saturated carbocycles. The van der Waals surface area contributed by atoms with Crippen LogP contribution in [0.25, 0.3) is 0 Å². The van der Waals surface area contributed by atoms with Crippen molar-refractivity contribution < 1.29 is 42.8 Å². The number of halogens is 1. The molecule has 6 rings (SSSR count). The number of carbonyl (C=O) groups is 3. The van der Waals surface area contributed by atoms with Crippen LogP contribution in [0.3, 0.4) is 0 Å². The number of aromatic nitrogens is 6. The van der Waals surface area contributed by atoms with E-state index in [-0.39, 0.29) is 0 Å². The lowest BCUT2D eigenvalue weighted by Gasteiger charge is -2.10. The average Bonchev–Trinajstić information content (AvgIpc) is 3.32. The van der Waals surface area contributed by atoms with E-state index in [0.29, 0.717) is 84.0 Å². The molecule has 0 fully saturated rings. The first-order valence-corrected chi connectivity index (χ1v) is 19.3. The second-order valence-corrected chi connectivity index (χ2v) is 12.0. The largest absolute Gasteiger partial charge is 0.487 e. The summed E-state index contributed by atoms with van der Waals surface area (Å²) in [5, 5.41) is 0. The van der Waals surface area contributed by atoms with Crippen molar-refractivity contribution in [2.75, 3.05) is 21.3 Å². The number of ether oxygens (including phenoxy) is 6. The Balaban J connectivity index is 0.000000297. The zero-order chi connectivity index (χ0) is 44.1. The number of aryl methyl sites for hydroxylation is 1. The molecule has 0 aliphatic heterocycles. The van der Waals surface area contributed by atoms with Crippen LogP contribution in [-0.4, -0.2) is 70.1 Å². The predicted molar refractivity (Wildman–Crippen MR) is 229 cm³/mol. The van der Waals surface area contributed by atoms with E-state index in [1.165, 1.54) is 52.1 Å². The molecule has 6 heterocycles. The van der Waals surface area contributed by atoms with Gasteiger partial charge >= 0.3 is 0 Å². The lowest BCUT2D eigenvalue weighted by atomic mass is 10.2. The molecule has 0 aromatic carbocycles. The number of nitrogens with zero attached hydrogens (tertiary/aromatic N) is 6. The number of carbonyl (C=O) groups excluding carboxylic acids is 3. The van der Waals surface area contributed by atoms with Crippen LogP contribution in [-0.2, 0) is 19.8 Å². The normalized spacial score (nSPS) is 9.48. The molecular formula is C44H49BrN6O9. The Morgan fingerprint density at radius 1 is 0.517 bits per heavy atom. The highest BCUT2D eigenvalue weighted by Crippen LogP contribution is 2.24. The minimum absolute atomic E-state index is 0.317. The molecule has 6 aromatic rings. The van der Waals surface area contributed by atoms with Crippen LogP contribution >= 0.6 is 15.9 Å². The molecule has 0 bridgehead atoms. The average molecular weight is 886 g/mol. The van der Waals surface area contributed by atoms with Gasteiger partial charge < -0.3 is 28.4 Å². The van der Waals surface area contributed by atoms with Gasteiger partial charge in [-0.05, 0) is 63.8 Å². The first-order chi connectivity index (χ1) is 29.3. The minimum atomic E-state index is 0.317. The molecule has 0 N–H and O–H groups in total. The summed E-state index contributed by atoms with van der Waals surface area (Å²) in [4.78, 5) is 56.9. The van der Waals surface area contributed by atoms with Crippen molar-refractivity contribution in [3.05, 3.63) is 142 Å². The lowest BCUT2D eigenvalue weighted by molar-refractivity contribution is 0.111. The molecule has 15 nitrogen and oxygen atoms in total. The van der Waals surface area contributed by atoms with E-state index >= 15 is 0 Å². The van der Waals surface area contributed by atoms with Gasteiger partial charge in [0.05, 0.1) is 56.6 Å². The molecule has 0 spiro atoms. The number of methoxy groups -OCH3 is 3. The zero-order valence-corrected chi connectivity index (χ0v) is 36.4. The molecule has 0 amide bonds. The fourth-order valence-corrected chi connectivity index (χ4v) is 4.79. The zero-order valence-electron chi connectivity index (χ0n) is 34.8. The van der Waals surface area contributed by atoms with Crippen LogP contribution in [0.5, 0.6) is 34.9 Å². The highest BCUT2D eigenvalue weighted by atomic mass is 79.9. The molecule has 6 aromatic heterocycles. The first-order valence-electron chi connectivity index (χ1n) is 18.5.